The van der Waals surface area contributed by atoms with Crippen LogP contribution in [0.25, 0.3) is 0 Å². The molecule has 0 aliphatic carbocycles. The fourth-order valence-corrected chi connectivity index (χ4v) is 1.42. The van der Waals surface area contributed by atoms with E-state index in [0.29, 0.717) is 12.3 Å². The number of benzene rings is 1. The maximum atomic E-state index is 9.32. The van der Waals surface area contributed by atoms with E-state index in [1.54, 1.807) is 6.07 Å². The number of anilines is 1. The van der Waals surface area contributed by atoms with Gasteiger partial charge in [-0.25, -0.2) is 0 Å². The van der Waals surface area contributed by atoms with Crippen LogP contribution < -0.4 is 11.2 Å². The maximum Gasteiger partial charge on any atom is 0.491 e. The van der Waals surface area contributed by atoms with Gasteiger partial charge in [-0.3, -0.25) is 0 Å². The number of hydrogen-bond donors (Lipinski definition) is 2. The van der Waals surface area contributed by atoms with Gasteiger partial charge in [0, 0.05) is 5.69 Å². The van der Waals surface area contributed by atoms with Crippen molar-refractivity contribution in [3.05, 3.63) is 23.3 Å². The van der Waals surface area contributed by atoms with Gasteiger partial charge in [0.2, 0.25) is 0 Å². The molecule has 62 valence electrons. The first-order chi connectivity index (χ1) is 5.68. The molecule has 12 heavy (non-hydrogen) atoms. The van der Waals surface area contributed by atoms with Crippen molar-refractivity contribution >= 4 is 18.3 Å². The summed E-state index contributed by atoms with van der Waals surface area (Å²) in [4.78, 5) is 0. The molecule has 4 heteroatoms. The van der Waals surface area contributed by atoms with Gasteiger partial charge in [-0.05, 0) is 29.6 Å². The first-order valence-corrected chi connectivity index (χ1v) is 3.87. The fraction of sp³-hybridized carbons (Fsp3) is 0.250. The number of nitrogen functional groups attached to an aromatic ring is 1. The lowest BCUT2D eigenvalue weighted by Crippen LogP contribution is -2.28. The molecule has 0 aromatic heterocycles. The Kier molecular flexibility index (Phi) is 1.59. The van der Waals surface area contributed by atoms with Crippen LogP contribution in [0.15, 0.2) is 12.1 Å². The Hall–Kier alpha value is -0.995. The predicted molar refractivity (Wildman–Crippen MR) is 48.0 cm³/mol. The molecule has 2 rings (SSSR count). The maximum absolute atomic E-state index is 9.32. The van der Waals surface area contributed by atoms with Crippen molar-refractivity contribution in [3.8, 4) is 0 Å². The highest BCUT2D eigenvalue weighted by Crippen LogP contribution is 2.16. The molecule has 1 aromatic carbocycles. The van der Waals surface area contributed by atoms with E-state index in [1.165, 1.54) is 0 Å². The SMILES string of the molecule is Cc1cc2c(cc1N)B(O)OC2. The van der Waals surface area contributed by atoms with Crippen LogP contribution in [0.4, 0.5) is 5.69 Å². The minimum absolute atomic E-state index is 0.484. The first kappa shape index (κ1) is 7.64. The summed E-state index contributed by atoms with van der Waals surface area (Å²) in [5.41, 5.74) is 9.27. The molecule has 0 saturated heterocycles. The van der Waals surface area contributed by atoms with E-state index in [-0.39, 0.29) is 0 Å². The predicted octanol–water partition coefficient (Wildman–Crippen LogP) is -0.205. The average Bonchev–Trinajstić information content (AvgIpc) is 2.35. The molecule has 0 radical (unpaired) electrons. The van der Waals surface area contributed by atoms with Crippen molar-refractivity contribution in [3.63, 3.8) is 0 Å². The van der Waals surface area contributed by atoms with Crippen LogP contribution in [-0.2, 0) is 11.3 Å². The van der Waals surface area contributed by atoms with Crippen LogP contribution in [0.5, 0.6) is 0 Å². The van der Waals surface area contributed by atoms with Crippen molar-refractivity contribution in [2.45, 2.75) is 13.5 Å². The van der Waals surface area contributed by atoms with Crippen LogP contribution in [0.3, 0.4) is 0 Å². The van der Waals surface area contributed by atoms with Crippen LogP contribution >= 0.6 is 0 Å². The Morgan fingerprint density at radius 1 is 1.58 bits per heavy atom. The summed E-state index contributed by atoms with van der Waals surface area (Å²) in [5.74, 6) is 0. The highest BCUT2D eigenvalue weighted by Gasteiger charge is 2.27. The van der Waals surface area contributed by atoms with Crippen LogP contribution in [0, 0.1) is 6.92 Å². The minimum atomic E-state index is -0.789. The van der Waals surface area contributed by atoms with Crippen LogP contribution in [0.1, 0.15) is 11.1 Å². The molecule has 0 bridgehead atoms. The average molecular weight is 163 g/mol. The van der Waals surface area contributed by atoms with E-state index in [0.717, 1.165) is 16.6 Å². The molecule has 1 aliphatic rings. The molecule has 0 fully saturated rings. The van der Waals surface area contributed by atoms with Gasteiger partial charge in [0.05, 0.1) is 6.61 Å². The number of hydrogen-bond acceptors (Lipinski definition) is 3. The molecule has 1 aliphatic heterocycles. The molecule has 0 amide bonds. The molecular formula is C8H10BNO2. The van der Waals surface area contributed by atoms with E-state index in [2.05, 4.69) is 0 Å². The van der Waals surface area contributed by atoms with Crippen molar-refractivity contribution in [2.24, 2.45) is 0 Å². The Balaban J connectivity index is 2.56. The third kappa shape index (κ3) is 1.00. The zero-order valence-corrected chi connectivity index (χ0v) is 6.87. The molecule has 0 spiro atoms. The standard InChI is InChI=1S/C8H10BNO2/c1-5-2-6-4-12-9(11)7(6)3-8(5)10/h2-3,11H,4,10H2,1H3. The zero-order valence-electron chi connectivity index (χ0n) is 6.87. The van der Waals surface area contributed by atoms with E-state index in [4.69, 9.17) is 10.4 Å². The van der Waals surface area contributed by atoms with Gasteiger partial charge < -0.3 is 15.4 Å². The smallest absolute Gasteiger partial charge is 0.423 e. The summed E-state index contributed by atoms with van der Waals surface area (Å²) in [5, 5.41) is 9.32. The topological polar surface area (TPSA) is 55.5 Å². The second kappa shape index (κ2) is 2.50. The first-order valence-electron chi connectivity index (χ1n) is 3.87. The van der Waals surface area contributed by atoms with E-state index in [1.807, 2.05) is 13.0 Å². The Labute approximate surface area is 71.3 Å². The monoisotopic (exact) mass is 163 g/mol. The molecule has 0 unspecified atom stereocenters. The van der Waals surface area contributed by atoms with Crippen molar-refractivity contribution in [2.75, 3.05) is 5.73 Å². The zero-order chi connectivity index (χ0) is 8.72. The molecule has 1 aromatic rings. The van der Waals surface area contributed by atoms with Gasteiger partial charge >= 0.3 is 7.12 Å². The van der Waals surface area contributed by atoms with Crippen LogP contribution in [-0.4, -0.2) is 12.1 Å². The second-order valence-electron chi connectivity index (χ2n) is 3.07. The summed E-state index contributed by atoms with van der Waals surface area (Å²) in [7, 11) is -0.789. The Bertz CT molecular complexity index is 327. The van der Waals surface area contributed by atoms with Gasteiger partial charge in [0.15, 0.2) is 0 Å². The molecule has 0 atom stereocenters. The molecule has 1 heterocycles. The lowest BCUT2D eigenvalue weighted by Gasteiger charge is -2.03. The van der Waals surface area contributed by atoms with Gasteiger partial charge in [-0.2, -0.15) is 0 Å². The number of fused-ring (bicyclic) bond motifs is 1. The third-order valence-corrected chi connectivity index (χ3v) is 2.19. The van der Waals surface area contributed by atoms with Gasteiger partial charge in [0.25, 0.3) is 0 Å². The van der Waals surface area contributed by atoms with E-state index in [9.17, 15) is 5.02 Å². The highest BCUT2D eigenvalue weighted by molar-refractivity contribution is 6.61. The van der Waals surface area contributed by atoms with Crippen LogP contribution in [0.2, 0.25) is 0 Å². The fourth-order valence-electron chi connectivity index (χ4n) is 1.42. The highest BCUT2D eigenvalue weighted by atomic mass is 16.5. The molecule has 3 nitrogen and oxygen atoms in total. The molecule has 3 N–H and O–H groups in total. The number of nitrogens with two attached hydrogens (primary N) is 1. The van der Waals surface area contributed by atoms with Crippen molar-refractivity contribution < 1.29 is 9.68 Å². The Morgan fingerprint density at radius 2 is 2.33 bits per heavy atom. The summed E-state index contributed by atoms with van der Waals surface area (Å²) >= 11 is 0. The number of aryl methyl sites for hydroxylation is 1. The van der Waals surface area contributed by atoms with Gasteiger partial charge in [0.1, 0.15) is 0 Å². The van der Waals surface area contributed by atoms with E-state index >= 15 is 0 Å². The summed E-state index contributed by atoms with van der Waals surface area (Å²) in [6, 6.07) is 3.74. The largest absolute Gasteiger partial charge is 0.491 e. The summed E-state index contributed by atoms with van der Waals surface area (Å²) in [6.07, 6.45) is 0. The van der Waals surface area contributed by atoms with E-state index < -0.39 is 7.12 Å². The Morgan fingerprint density at radius 3 is 3.08 bits per heavy atom. The number of rotatable bonds is 0. The molecule has 0 saturated carbocycles. The van der Waals surface area contributed by atoms with Crippen molar-refractivity contribution in [1.82, 2.24) is 0 Å². The lowest BCUT2D eigenvalue weighted by molar-refractivity contribution is 0.275. The summed E-state index contributed by atoms with van der Waals surface area (Å²) < 4.78 is 5.03. The quantitative estimate of drug-likeness (QED) is 0.411. The summed E-state index contributed by atoms with van der Waals surface area (Å²) in [6.45, 7) is 2.43. The minimum Gasteiger partial charge on any atom is -0.423 e. The van der Waals surface area contributed by atoms with Crippen molar-refractivity contribution in [1.29, 1.82) is 0 Å². The normalized spacial score (nSPS) is 15.0. The van der Waals surface area contributed by atoms with Gasteiger partial charge in [-0.1, -0.05) is 6.07 Å². The molecular weight excluding hydrogens is 153 g/mol. The lowest BCUT2D eigenvalue weighted by atomic mass is 9.79. The second-order valence-corrected chi connectivity index (χ2v) is 3.07. The van der Waals surface area contributed by atoms with Gasteiger partial charge in [-0.15, -0.1) is 0 Å². The third-order valence-electron chi connectivity index (χ3n) is 2.19.